The lowest BCUT2D eigenvalue weighted by molar-refractivity contribution is 0.0886. The van der Waals surface area contributed by atoms with Gasteiger partial charge >= 0.3 is 0 Å². The van der Waals surface area contributed by atoms with Gasteiger partial charge in [0.05, 0.1) is 13.2 Å². The number of hydrogen-bond acceptors (Lipinski definition) is 3. The molecule has 0 heterocycles. The second-order valence-electron chi connectivity index (χ2n) is 4.49. The third kappa shape index (κ3) is 3.45. The van der Waals surface area contributed by atoms with E-state index in [0.29, 0.717) is 6.54 Å². The average molecular weight is 237 g/mol. The Labute approximate surface area is 104 Å². The Morgan fingerprint density at radius 3 is 2.29 bits per heavy atom. The SMILES string of the molecule is CCC(C)C(O)C(CN)c1ccc(OC)cc1. The zero-order valence-electron chi connectivity index (χ0n) is 10.9. The molecule has 0 spiro atoms. The van der Waals surface area contributed by atoms with E-state index in [4.69, 9.17) is 10.5 Å². The summed E-state index contributed by atoms with van der Waals surface area (Å²) >= 11 is 0. The van der Waals surface area contributed by atoms with Crippen LogP contribution in [0.2, 0.25) is 0 Å². The van der Waals surface area contributed by atoms with Gasteiger partial charge in [-0.15, -0.1) is 0 Å². The molecule has 0 saturated carbocycles. The molecular formula is C14H23NO2. The summed E-state index contributed by atoms with van der Waals surface area (Å²) in [4.78, 5) is 0. The zero-order valence-corrected chi connectivity index (χ0v) is 10.9. The summed E-state index contributed by atoms with van der Waals surface area (Å²) in [5.74, 6) is 1.07. The molecule has 0 fully saturated rings. The fourth-order valence-electron chi connectivity index (χ4n) is 1.96. The molecule has 0 amide bonds. The number of methoxy groups -OCH3 is 1. The molecular weight excluding hydrogens is 214 g/mol. The zero-order chi connectivity index (χ0) is 12.8. The van der Waals surface area contributed by atoms with Crippen molar-refractivity contribution in [1.82, 2.24) is 0 Å². The van der Waals surface area contributed by atoms with Crippen molar-refractivity contribution >= 4 is 0 Å². The second-order valence-corrected chi connectivity index (χ2v) is 4.49. The molecule has 3 N–H and O–H groups in total. The molecule has 0 aliphatic carbocycles. The van der Waals surface area contributed by atoms with Gasteiger partial charge < -0.3 is 15.6 Å². The highest BCUT2D eigenvalue weighted by atomic mass is 16.5. The van der Waals surface area contributed by atoms with Crippen LogP contribution in [0.15, 0.2) is 24.3 Å². The fraction of sp³-hybridized carbons (Fsp3) is 0.571. The smallest absolute Gasteiger partial charge is 0.118 e. The summed E-state index contributed by atoms with van der Waals surface area (Å²) in [5, 5.41) is 10.2. The van der Waals surface area contributed by atoms with Crippen molar-refractivity contribution in [2.24, 2.45) is 11.7 Å². The van der Waals surface area contributed by atoms with E-state index in [-0.39, 0.29) is 11.8 Å². The standard InChI is InChI=1S/C14H23NO2/c1-4-10(2)14(16)13(9-15)11-5-7-12(17-3)8-6-11/h5-8,10,13-14,16H,4,9,15H2,1-3H3. The minimum absolute atomic E-state index is 0.00384. The molecule has 0 aliphatic heterocycles. The number of nitrogens with two attached hydrogens (primary N) is 1. The van der Waals surface area contributed by atoms with Crippen molar-refractivity contribution in [3.05, 3.63) is 29.8 Å². The van der Waals surface area contributed by atoms with Gasteiger partial charge in [0.1, 0.15) is 5.75 Å². The Bertz CT molecular complexity index is 323. The van der Waals surface area contributed by atoms with Gasteiger partial charge in [-0.25, -0.2) is 0 Å². The summed E-state index contributed by atoms with van der Waals surface area (Å²) < 4.78 is 5.12. The molecule has 3 unspecified atom stereocenters. The maximum absolute atomic E-state index is 10.2. The molecule has 0 aromatic heterocycles. The normalized spacial score (nSPS) is 16.3. The monoisotopic (exact) mass is 237 g/mol. The molecule has 17 heavy (non-hydrogen) atoms. The van der Waals surface area contributed by atoms with Gasteiger partial charge in [-0.05, 0) is 23.6 Å². The van der Waals surface area contributed by atoms with Crippen LogP contribution in [0, 0.1) is 5.92 Å². The Hall–Kier alpha value is -1.06. The molecule has 0 saturated heterocycles. The van der Waals surface area contributed by atoms with E-state index < -0.39 is 6.10 Å². The quantitative estimate of drug-likeness (QED) is 0.797. The summed E-state index contributed by atoms with van der Waals surface area (Å²) in [7, 11) is 1.64. The van der Waals surface area contributed by atoms with E-state index >= 15 is 0 Å². The van der Waals surface area contributed by atoms with Crippen LogP contribution in [0.3, 0.4) is 0 Å². The van der Waals surface area contributed by atoms with Crippen molar-refractivity contribution < 1.29 is 9.84 Å². The van der Waals surface area contributed by atoms with Crippen molar-refractivity contribution in [2.45, 2.75) is 32.3 Å². The molecule has 96 valence electrons. The van der Waals surface area contributed by atoms with Crippen LogP contribution >= 0.6 is 0 Å². The third-order valence-electron chi connectivity index (χ3n) is 3.44. The number of aliphatic hydroxyl groups excluding tert-OH is 1. The van der Waals surface area contributed by atoms with Gasteiger partial charge in [0.25, 0.3) is 0 Å². The molecule has 0 radical (unpaired) electrons. The average Bonchev–Trinajstić information content (AvgIpc) is 2.39. The lowest BCUT2D eigenvalue weighted by Crippen LogP contribution is -2.30. The van der Waals surface area contributed by atoms with Crippen molar-refractivity contribution in [3.8, 4) is 5.75 Å². The highest BCUT2D eigenvalue weighted by Crippen LogP contribution is 2.26. The summed E-state index contributed by atoms with van der Waals surface area (Å²) in [5.41, 5.74) is 6.85. The number of ether oxygens (including phenoxy) is 1. The maximum Gasteiger partial charge on any atom is 0.118 e. The van der Waals surface area contributed by atoms with Crippen molar-refractivity contribution in [1.29, 1.82) is 0 Å². The lowest BCUT2D eigenvalue weighted by atomic mass is 9.85. The van der Waals surface area contributed by atoms with Gasteiger partial charge in [-0.2, -0.15) is 0 Å². The van der Waals surface area contributed by atoms with E-state index in [1.165, 1.54) is 0 Å². The molecule has 3 atom stereocenters. The highest BCUT2D eigenvalue weighted by molar-refractivity contribution is 5.30. The van der Waals surface area contributed by atoms with Gasteiger partial charge in [0.15, 0.2) is 0 Å². The Balaban J connectivity index is 2.85. The first-order valence-corrected chi connectivity index (χ1v) is 6.16. The molecule has 1 rings (SSSR count). The lowest BCUT2D eigenvalue weighted by Gasteiger charge is -2.26. The molecule has 1 aromatic rings. The Morgan fingerprint density at radius 1 is 1.29 bits per heavy atom. The van der Waals surface area contributed by atoms with Gasteiger partial charge in [0, 0.05) is 12.5 Å². The van der Waals surface area contributed by atoms with Crippen LogP contribution in [0.4, 0.5) is 0 Å². The fourth-order valence-corrected chi connectivity index (χ4v) is 1.96. The van der Waals surface area contributed by atoms with Crippen LogP contribution in [0.25, 0.3) is 0 Å². The molecule has 1 aromatic carbocycles. The maximum atomic E-state index is 10.2. The Kier molecular flexibility index (Phi) is 5.45. The van der Waals surface area contributed by atoms with E-state index in [0.717, 1.165) is 17.7 Å². The second kappa shape index (κ2) is 6.62. The topological polar surface area (TPSA) is 55.5 Å². The minimum Gasteiger partial charge on any atom is -0.497 e. The first-order valence-electron chi connectivity index (χ1n) is 6.16. The summed E-state index contributed by atoms with van der Waals surface area (Å²) in [6.07, 6.45) is 0.562. The largest absolute Gasteiger partial charge is 0.497 e. The van der Waals surface area contributed by atoms with E-state index in [9.17, 15) is 5.11 Å². The number of aliphatic hydroxyl groups is 1. The van der Waals surface area contributed by atoms with Crippen LogP contribution < -0.4 is 10.5 Å². The predicted octanol–water partition coefficient (Wildman–Crippen LogP) is 2.14. The van der Waals surface area contributed by atoms with Crippen LogP contribution in [0.1, 0.15) is 31.7 Å². The first-order chi connectivity index (χ1) is 8.13. The molecule has 3 heteroatoms. The molecule has 0 bridgehead atoms. The van der Waals surface area contributed by atoms with Gasteiger partial charge in [0.2, 0.25) is 0 Å². The van der Waals surface area contributed by atoms with E-state index in [2.05, 4.69) is 13.8 Å². The van der Waals surface area contributed by atoms with E-state index in [1.807, 2.05) is 24.3 Å². The number of benzene rings is 1. The van der Waals surface area contributed by atoms with Crippen LogP contribution in [0.5, 0.6) is 5.75 Å². The van der Waals surface area contributed by atoms with Gasteiger partial charge in [-0.3, -0.25) is 0 Å². The third-order valence-corrected chi connectivity index (χ3v) is 3.44. The Morgan fingerprint density at radius 2 is 1.88 bits per heavy atom. The number of rotatable bonds is 6. The molecule has 3 nitrogen and oxygen atoms in total. The van der Waals surface area contributed by atoms with Crippen LogP contribution in [-0.4, -0.2) is 24.9 Å². The van der Waals surface area contributed by atoms with Crippen LogP contribution in [-0.2, 0) is 0 Å². The predicted molar refractivity (Wildman–Crippen MR) is 70.3 cm³/mol. The summed E-state index contributed by atoms with van der Waals surface area (Å²) in [6, 6.07) is 7.76. The van der Waals surface area contributed by atoms with Gasteiger partial charge in [-0.1, -0.05) is 32.4 Å². The molecule has 0 aliphatic rings. The van der Waals surface area contributed by atoms with Crippen molar-refractivity contribution in [2.75, 3.05) is 13.7 Å². The van der Waals surface area contributed by atoms with E-state index in [1.54, 1.807) is 7.11 Å². The highest BCUT2D eigenvalue weighted by Gasteiger charge is 2.24. The number of hydrogen-bond donors (Lipinski definition) is 2. The first kappa shape index (κ1) is 14.0. The minimum atomic E-state index is -0.390. The summed E-state index contributed by atoms with van der Waals surface area (Å²) in [6.45, 7) is 4.59. The van der Waals surface area contributed by atoms with Crippen molar-refractivity contribution in [3.63, 3.8) is 0 Å².